The van der Waals surface area contributed by atoms with Crippen LogP contribution in [0.3, 0.4) is 0 Å². The Bertz CT molecular complexity index is 212. The van der Waals surface area contributed by atoms with Crippen molar-refractivity contribution in [3.05, 3.63) is 36.5 Å². The largest absolute Gasteiger partial charge is 0.463 e. The van der Waals surface area contributed by atoms with Crippen LogP contribution in [-0.4, -0.2) is 12.6 Å². The summed E-state index contributed by atoms with van der Waals surface area (Å²) in [4.78, 5) is 10.9. The molecule has 0 aromatic heterocycles. The maximum absolute atomic E-state index is 10.9. The number of ether oxygens (including phenoxy) is 1. The number of allylic oxidation sites excluding steroid dienone is 4. The first-order valence-corrected chi connectivity index (χ1v) is 3.84. The van der Waals surface area contributed by atoms with E-state index < -0.39 is 0 Å². The van der Waals surface area contributed by atoms with E-state index in [1.807, 2.05) is 6.92 Å². The zero-order chi connectivity index (χ0) is 9.40. The monoisotopic (exact) mass is 166 g/mol. The van der Waals surface area contributed by atoms with Crippen molar-refractivity contribution in [2.45, 2.75) is 13.8 Å². The van der Waals surface area contributed by atoms with Gasteiger partial charge in [-0.05, 0) is 19.4 Å². The Morgan fingerprint density at radius 1 is 1.58 bits per heavy atom. The normalized spacial score (nSPS) is 11.7. The minimum atomic E-state index is -0.302. The Morgan fingerprint density at radius 3 is 2.75 bits per heavy atom. The summed E-state index contributed by atoms with van der Waals surface area (Å²) < 4.78 is 4.72. The molecule has 0 saturated carbocycles. The third kappa shape index (κ3) is 5.47. The summed E-state index contributed by atoms with van der Waals surface area (Å²) in [7, 11) is 0. The van der Waals surface area contributed by atoms with Crippen molar-refractivity contribution >= 4 is 5.97 Å². The molecule has 0 bridgehead atoms. The van der Waals surface area contributed by atoms with Crippen molar-refractivity contribution < 1.29 is 9.53 Å². The van der Waals surface area contributed by atoms with Gasteiger partial charge < -0.3 is 4.74 Å². The van der Waals surface area contributed by atoms with Crippen molar-refractivity contribution in [2.24, 2.45) is 0 Å². The van der Waals surface area contributed by atoms with Gasteiger partial charge in [0.15, 0.2) is 0 Å². The SMILES string of the molecule is C=C/C=C\C(C)=C\C(=O)OCC. The lowest BCUT2D eigenvalue weighted by atomic mass is 10.2. The molecule has 0 aliphatic carbocycles. The van der Waals surface area contributed by atoms with Gasteiger partial charge in [0.05, 0.1) is 6.61 Å². The highest BCUT2D eigenvalue weighted by atomic mass is 16.5. The van der Waals surface area contributed by atoms with Crippen LogP contribution >= 0.6 is 0 Å². The lowest BCUT2D eigenvalue weighted by Gasteiger charge is -1.95. The molecule has 0 atom stereocenters. The van der Waals surface area contributed by atoms with Gasteiger partial charge in [-0.1, -0.05) is 24.8 Å². The molecule has 0 fully saturated rings. The van der Waals surface area contributed by atoms with Crippen LogP contribution in [0.15, 0.2) is 36.5 Å². The topological polar surface area (TPSA) is 26.3 Å². The first-order valence-electron chi connectivity index (χ1n) is 3.84. The van der Waals surface area contributed by atoms with E-state index in [0.29, 0.717) is 6.61 Å². The third-order valence-electron chi connectivity index (χ3n) is 1.13. The molecule has 66 valence electrons. The van der Waals surface area contributed by atoms with Crippen molar-refractivity contribution in [3.8, 4) is 0 Å². The molecule has 0 spiro atoms. The number of rotatable bonds is 4. The van der Waals surface area contributed by atoms with Gasteiger partial charge >= 0.3 is 5.97 Å². The fourth-order valence-corrected chi connectivity index (χ4v) is 0.638. The van der Waals surface area contributed by atoms with E-state index in [9.17, 15) is 4.79 Å². The van der Waals surface area contributed by atoms with Crippen LogP contribution in [0.4, 0.5) is 0 Å². The molecule has 0 aromatic rings. The number of esters is 1. The quantitative estimate of drug-likeness (QED) is 0.363. The summed E-state index contributed by atoms with van der Waals surface area (Å²) in [5, 5.41) is 0. The Hall–Kier alpha value is -1.31. The summed E-state index contributed by atoms with van der Waals surface area (Å²) >= 11 is 0. The van der Waals surface area contributed by atoms with Crippen molar-refractivity contribution in [1.29, 1.82) is 0 Å². The van der Waals surface area contributed by atoms with E-state index in [1.165, 1.54) is 6.08 Å². The molecular formula is C10H14O2. The molecular weight excluding hydrogens is 152 g/mol. The van der Waals surface area contributed by atoms with E-state index >= 15 is 0 Å². The molecule has 0 heterocycles. The van der Waals surface area contributed by atoms with Gasteiger partial charge in [0.25, 0.3) is 0 Å². The Balaban J connectivity index is 4.05. The van der Waals surface area contributed by atoms with Gasteiger partial charge in [-0.15, -0.1) is 0 Å². The average molecular weight is 166 g/mol. The van der Waals surface area contributed by atoms with E-state index in [4.69, 9.17) is 4.74 Å². The highest BCUT2D eigenvalue weighted by molar-refractivity contribution is 5.83. The lowest BCUT2D eigenvalue weighted by Crippen LogP contribution is -1.99. The summed E-state index contributed by atoms with van der Waals surface area (Å²) in [6.07, 6.45) is 6.67. The molecule has 0 amide bonds. The highest BCUT2D eigenvalue weighted by Crippen LogP contribution is 1.95. The standard InChI is InChI=1S/C10H14O2/c1-4-6-7-9(3)8-10(11)12-5-2/h4,6-8H,1,5H2,2-3H3/b7-6-,9-8+. The second kappa shape index (κ2) is 6.40. The maximum atomic E-state index is 10.9. The summed E-state index contributed by atoms with van der Waals surface area (Å²) in [5.74, 6) is -0.302. The minimum absolute atomic E-state index is 0.302. The van der Waals surface area contributed by atoms with Crippen LogP contribution in [0.5, 0.6) is 0 Å². The molecule has 12 heavy (non-hydrogen) atoms. The molecule has 0 unspecified atom stereocenters. The van der Waals surface area contributed by atoms with Gasteiger partial charge in [-0.2, -0.15) is 0 Å². The molecule has 0 aliphatic rings. The Morgan fingerprint density at radius 2 is 2.25 bits per heavy atom. The fourth-order valence-electron chi connectivity index (χ4n) is 0.638. The maximum Gasteiger partial charge on any atom is 0.330 e. The van der Waals surface area contributed by atoms with Gasteiger partial charge in [-0.25, -0.2) is 4.79 Å². The van der Waals surface area contributed by atoms with E-state index in [0.717, 1.165) is 5.57 Å². The molecule has 0 aliphatic heterocycles. The molecule has 0 radical (unpaired) electrons. The summed E-state index contributed by atoms with van der Waals surface area (Å²) in [6.45, 7) is 7.54. The van der Waals surface area contributed by atoms with Crippen molar-refractivity contribution in [1.82, 2.24) is 0 Å². The Labute approximate surface area is 73.2 Å². The zero-order valence-corrected chi connectivity index (χ0v) is 7.54. The van der Waals surface area contributed by atoms with Crippen LogP contribution in [0.1, 0.15) is 13.8 Å². The minimum Gasteiger partial charge on any atom is -0.463 e. The number of carbonyl (C=O) groups excluding carboxylic acids is 1. The van der Waals surface area contributed by atoms with Crippen LogP contribution in [0.2, 0.25) is 0 Å². The zero-order valence-electron chi connectivity index (χ0n) is 7.54. The smallest absolute Gasteiger partial charge is 0.330 e. The second-order valence-electron chi connectivity index (χ2n) is 2.24. The van der Waals surface area contributed by atoms with E-state index in [2.05, 4.69) is 6.58 Å². The highest BCUT2D eigenvalue weighted by Gasteiger charge is 1.93. The average Bonchev–Trinajstić information content (AvgIpc) is 2.01. The van der Waals surface area contributed by atoms with Crippen molar-refractivity contribution in [3.63, 3.8) is 0 Å². The molecule has 2 nitrogen and oxygen atoms in total. The van der Waals surface area contributed by atoms with Crippen LogP contribution in [-0.2, 0) is 9.53 Å². The number of hydrogen-bond donors (Lipinski definition) is 0. The van der Waals surface area contributed by atoms with Crippen LogP contribution in [0.25, 0.3) is 0 Å². The first-order chi connectivity index (χ1) is 5.70. The lowest BCUT2D eigenvalue weighted by molar-refractivity contribution is -0.137. The first kappa shape index (κ1) is 10.7. The number of carbonyl (C=O) groups is 1. The van der Waals surface area contributed by atoms with Crippen molar-refractivity contribution in [2.75, 3.05) is 6.61 Å². The second-order valence-corrected chi connectivity index (χ2v) is 2.24. The third-order valence-corrected chi connectivity index (χ3v) is 1.13. The predicted octanol–water partition coefficient (Wildman–Crippen LogP) is 2.24. The molecule has 0 N–H and O–H groups in total. The predicted molar refractivity (Wildman–Crippen MR) is 49.7 cm³/mol. The fraction of sp³-hybridized carbons (Fsp3) is 0.300. The molecule has 0 rings (SSSR count). The van der Waals surface area contributed by atoms with Crippen LogP contribution < -0.4 is 0 Å². The Kier molecular flexibility index (Phi) is 5.70. The van der Waals surface area contributed by atoms with Gasteiger partial charge in [0, 0.05) is 6.08 Å². The number of hydrogen-bond acceptors (Lipinski definition) is 2. The van der Waals surface area contributed by atoms with Gasteiger partial charge in [0.2, 0.25) is 0 Å². The van der Waals surface area contributed by atoms with E-state index in [1.54, 1.807) is 25.2 Å². The van der Waals surface area contributed by atoms with Gasteiger partial charge in [0.1, 0.15) is 0 Å². The molecule has 2 heteroatoms. The molecule has 0 saturated heterocycles. The summed E-state index contributed by atoms with van der Waals surface area (Å²) in [5.41, 5.74) is 0.855. The summed E-state index contributed by atoms with van der Waals surface area (Å²) in [6, 6.07) is 0. The van der Waals surface area contributed by atoms with Crippen LogP contribution in [0, 0.1) is 0 Å². The molecule has 0 aromatic carbocycles. The van der Waals surface area contributed by atoms with Gasteiger partial charge in [-0.3, -0.25) is 0 Å². The van der Waals surface area contributed by atoms with E-state index in [-0.39, 0.29) is 5.97 Å².